The molecule has 0 spiro atoms. The van der Waals surface area contributed by atoms with E-state index in [0.29, 0.717) is 11.4 Å². The number of nitrogens with one attached hydrogen (secondary N) is 2. The Hall–Kier alpha value is -2.41. The number of rotatable bonds is 3. The summed E-state index contributed by atoms with van der Waals surface area (Å²) in [7, 11) is 1.32. The summed E-state index contributed by atoms with van der Waals surface area (Å²) in [6.07, 6.45) is 0. The van der Waals surface area contributed by atoms with Gasteiger partial charge >= 0.3 is 5.97 Å². The number of anilines is 1. The highest BCUT2D eigenvalue weighted by molar-refractivity contribution is 7.80. The van der Waals surface area contributed by atoms with Gasteiger partial charge in [-0.15, -0.1) is 0 Å². The normalized spacial score (nSPS) is 9.95. The van der Waals surface area contributed by atoms with Crippen LogP contribution in [0.2, 0.25) is 0 Å². The third kappa shape index (κ3) is 3.08. The highest BCUT2D eigenvalue weighted by Crippen LogP contribution is 2.21. The number of nitrogens with two attached hydrogens (primary N) is 1. The molecule has 2 aromatic rings. The van der Waals surface area contributed by atoms with Gasteiger partial charge in [0.05, 0.1) is 12.8 Å². The minimum absolute atomic E-state index is 0.189. The summed E-state index contributed by atoms with van der Waals surface area (Å²) in [5.74, 6) is -0.462. The monoisotopic (exact) mass is 276 g/mol. The minimum atomic E-state index is -0.462. The zero-order chi connectivity index (χ0) is 13.8. The maximum absolute atomic E-state index is 11.3. The number of ether oxygens (including phenoxy) is 1. The van der Waals surface area contributed by atoms with Crippen LogP contribution < -0.4 is 11.1 Å². The second kappa shape index (κ2) is 5.49. The molecule has 0 radical (unpaired) electrons. The third-order valence-corrected chi connectivity index (χ3v) is 2.51. The van der Waals surface area contributed by atoms with E-state index in [9.17, 15) is 4.79 Å². The fourth-order valence-electron chi connectivity index (χ4n) is 1.58. The molecule has 0 atom stereocenters. The molecule has 0 saturated carbocycles. The van der Waals surface area contributed by atoms with Crippen molar-refractivity contribution >= 4 is 29.0 Å². The quantitative estimate of drug-likeness (QED) is 0.581. The van der Waals surface area contributed by atoms with Gasteiger partial charge in [0.15, 0.2) is 5.11 Å². The highest BCUT2D eigenvalue weighted by atomic mass is 32.1. The van der Waals surface area contributed by atoms with Crippen LogP contribution in [0.4, 0.5) is 5.69 Å². The van der Waals surface area contributed by atoms with Crippen LogP contribution in [0, 0.1) is 0 Å². The van der Waals surface area contributed by atoms with Crippen molar-refractivity contribution in [2.45, 2.75) is 0 Å². The van der Waals surface area contributed by atoms with Gasteiger partial charge in [-0.2, -0.15) is 5.10 Å². The summed E-state index contributed by atoms with van der Waals surface area (Å²) in [5, 5.41) is 9.70. The molecule has 19 heavy (non-hydrogen) atoms. The topological polar surface area (TPSA) is 93.0 Å². The molecule has 0 saturated heterocycles. The molecular weight excluding hydrogens is 264 g/mol. The van der Waals surface area contributed by atoms with Gasteiger partial charge in [-0.25, -0.2) is 4.79 Å². The average Bonchev–Trinajstić information content (AvgIpc) is 2.87. The molecule has 0 aliphatic rings. The van der Waals surface area contributed by atoms with Gasteiger partial charge in [0.2, 0.25) is 0 Å². The van der Waals surface area contributed by atoms with Crippen molar-refractivity contribution in [2.75, 3.05) is 12.4 Å². The van der Waals surface area contributed by atoms with E-state index in [1.165, 1.54) is 7.11 Å². The lowest BCUT2D eigenvalue weighted by Gasteiger charge is -2.04. The number of methoxy groups -OCH3 is 1. The van der Waals surface area contributed by atoms with Gasteiger partial charge in [-0.1, -0.05) is 12.1 Å². The Balaban J connectivity index is 2.28. The lowest BCUT2D eigenvalue weighted by atomic mass is 10.1. The van der Waals surface area contributed by atoms with Crippen LogP contribution >= 0.6 is 12.2 Å². The molecule has 0 aliphatic heterocycles. The van der Waals surface area contributed by atoms with Crippen molar-refractivity contribution in [3.8, 4) is 11.3 Å². The number of aromatic nitrogens is 2. The molecule has 4 N–H and O–H groups in total. The maximum Gasteiger partial charge on any atom is 0.356 e. The first-order valence-electron chi connectivity index (χ1n) is 5.41. The van der Waals surface area contributed by atoms with Crippen molar-refractivity contribution in [3.63, 3.8) is 0 Å². The Kier molecular flexibility index (Phi) is 3.76. The summed E-state index contributed by atoms with van der Waals surface area (Å²) in [6, 6.07) is 8.98. The lowest BCUT2D eigenvalue weighted by molar-refractivity contribution is 0.0594. The highest BCUT2D eigenvalue weighted by Gasteiger charge is 2.11. The van der Waals surface area contributed by atoms with Gasteiger partial charge in [0.25, 0.3) is 0 Å². The van der Waals surface area contributed by atoms with E-state index in [-0.39, 0.29) is 5.11 Å². The van der Waals surface area contributed by atoms with Crippen molar-refractivity contribution in [1.29, 1.82) is 0 Å². The molecule has 2 rings (SSSR count). The summed E-state index contributed by atoms with van der Waals surface area (Å²) in [5.41, 5.74) is 7.92. The number of hydrogen-bond acceptors (Lipinski definition) is 4. The zero-order valence-electron chi connectivity index (χ0n) is 10.1. The SMILES string of the molecule is COC(=O)c1cc(-c2cccc(NC(N)=S)c2)n[nH]1. The van der Waals surface area contributed by atoms with Crippen molar-refractivity contribution in [2.24, 2.45) is 5.73 Å². The standard InChI is InChI=1S/C12H12N4O2S/c1-18-11(17)10-6-9(15-16-10)7-3-2-4-8(5-7)14-12(13)19/h2-6H,1H3,(H,15,16)(H3,13,14,19). The van der Waals surface area contributed by atoms with E-state index in [1.54, 1.807) is 6.07 Å². The zero-order valence-corrected chi connectivity index (χ0v) is 11.0. The van der Waals surface area contributed by atoms with E-state index in [1.807, 2.05) is 24.3 Å². The number of carbonyl (C=O) groups is 1. The van der Waals surface area contributed by atoms with Crippen LogP contribution in [0.3, 0.4) is 0 Å². The molecule has 0 aliphatic carbocycles. The number of H-pyrrole nitrogens is 1. The Bertz CT molecular complexity index is 624. The fourth-order valence-corrected chi connectivity index (χ4v) is 1.70. The molecule has 7 heteroatoms. The van der Waals surface area contributed by atoms with Crippen molar-refractivity contribution < 1.29 is 9.53 Å². The van der Waals surface area contributed by atoms with Gasteiger partial charge in [0, 0.05) is 11.3 Å². The van der Waals surface area contributed by atoms with E-state index >= 15 is 0 Å². The first-order chi connectivity index (χ1) is 9.10. The molecule has 1 aromatic heterocycles. The smallest absolute Gasteiger partial charge is 0.356 e. The van der Waals surface area contributed by atoms with E-state index < -0.39 is 5.97 Å². The number of nitrogens with zero attached hydrogens (tertiary/aromatic N) is 1. The van der Waals surface area contributed by atoms with Crippen LogP contribution in [0.5, 0.6) is 0 Å². The van der Waals surface area contributed by atoms with E-state index in [2.05, 4.69) is 20.3 Å². The molecule has 0 unspecified atom stereocenters. The van der Waals surface area contributed by atoms with Crippen LogP contribution in [-0.4, -0.2) is 28.4 Å². The minimum Gasteiger partial charge on any atom is -0.464 e. The summed E-state index contributed by atoms with van der Waals surface area (Å²) in [4.78, 5) is 11.3. The summed E-state index contributed by atoms with van der Waals surface area (Å²) < 4.78 is 4.61. The van der Waals surface area contributed by atoms with Crippen LogP contribution in [0.15, 0.2) is 30.3 Å². The van der Waals surface area contributed by atoms with Crippen LogP contribution in [-0.2, 0) is 4.74 Å². The number of aromatic amines is 1. The number of hydrogen-bond donors (Lipinski definition) is 3. The Morgan fingerprint density at radius 3 is 2.95 bits per heavy atom. The van der Waals surface area contributed by atoms with Gasteiger partial charge in [0.1, 0.15) is 5.69 Å². The van der Waals surface area contributed by atoms with Gasteiger partial charge in [-0.05, 0) is 30.4 Å². The largest absolute Gasteiger partial charge is 0.464 e. The number of esters is 1. The maximum atomic E-state index is 11.3. The molecule has 98 valence electrons. The second-order valence-corrected chi connectivity index (χ2v) is 4.17. The Labute approximate surface area is 115 Å². The van der Waals surface area contributed by atoms with E-state index in [0.717, 1.165) is 11.3 Å². The molecule has 1 heterocycles. The molecule has 1 aromatic carbocycles. The van der Waals surface area contributed by atoms with Crippen molar-refractivity contribution in [1.82, 2.24) is 10.2 Å². The third-order valence-electron chi connectivity index (χ3n) is 2.41. The van der Waals surface area contributed by atoms with Crippen LogP contribution in [0.25, 0.3) is 11.3 Å². The molecular formula is C12H12N4O2S. The first-order valence-corrected chi connectivity index (χ1v) is 5.81. The predicted octanol–water partition coefficient (Wildman–Crippen LogP) is 1.52. The molecule has 0 amide bonds. The fraction of sp³-hybridized carbons (Fsp3) is 0.0833. The molecule has 0 fully saturated rings. The Morgan fingerprint density at radius 1 is 1.47 bits per heavy atom. The van der Waals surface area contributed by atoms with E-state index in [4.69, 9.17) is 18.0 Å². The second-order valence-electron chi connectivity index (χ2n) is 3.73. The number of benzene rings is 1. The summed E-state index contributed by atoms with van der Waals surface area (Å²) in [6.45, 7) is 0. The number of carbonyl (C=O) groups excluding carboxylic acids is 1. The van der Waals surface area contributed by atoms with Gasteiger partial charge in [-0.3, -0.25) is 5.10 Å². The molecule has 0 bridgehead atoms. The predicted molar refractivity (Wildman–Crippen MR) is 75.8 cm³/mol. The first kappa shape index (κ1) is 13.0. The van der Waals surface area contributed by atoms with Crippen LogP contribution in [0.1, 0.15) is 10.5 Å². The van der Waals surface area contributed by atoms with Crippen molar-refractivity contribution in [3.05, 3.63) is 36.0 Å². The Morgan fingerprint density at radius 2 is 2.26 bits per heavy atom. The summed E-state index contributed by atoms with van der Waals surface area (Å²) >= 11 is 4.78. The number of thiocarbonyl (C=S) groups is 1. The van der Waals surface area contributed by atoms with Gasteiger partial charge < -0.3 is 15.8 Å². The lowest BCUT2D eigenvalue weighted by Crippen LogP contribution is -2.18. The average molecular weight is 276 g/mol. The molecule has 6 nitrogen and oxygen atoms in total.